The molecule has 0 unspecified atom stereocenters. The second-order valence-electron chi connectivity index (χ2n) is 4.14. The molecule has 2 N–H and O–H groups in total. The van der Waals surface area contributed by atoms with Crippen molar-refractivity contribution < 1.29 is 18.3 Å². The predicted molar refractivity (Wildman–Crippen MR) is 70.2 cm³/mol. The molecule has 0 aromatic carbocycles. The van der Waals surface area contributed by atoms with E-state index in [1.807, 2.05) is 4.72 Å². The van der Waals surface area contributed by atoms with Gasteiger partial charge in [0.15, 0.2) is 5.65 Å². The number of fused-ring (bicyclic) bond motifs is 1. The van der Waals surface area contributed by atoms with Crippen LogP contribution in [0.4, 0.5) is 0 Å². The highest BCUT2D eigenvalue weighted by molar-refractivity contribution is 7.89. The molecule has 0 spiro atoms. The summed E-state index contributed by atoms with van der Waals surface area (Å²) in [6.07, 6.45) is 2.32. The van der Waals surface area contributed by atoms with Gasteiger partial charge < -0.3 is 5.11 Å². The van der Waals surface area contributed by atoms with E-state index in [-0.39, 0.29) is 4.90 Å². The Morgan fingerprint density at radius 3 is 2.80 bits per heavy atom. The van der Waals surface area contributed by atoms with Gasteiger partial charge in [0.1, 0.15) is 16.0 Å². The summed E-state index contributed by atoms with van der Waals surface area (Å²) in [6.45, 7) is 2.89. The Balaban J connectivity index is 2.45. The quantitative estimate of drug-likeness (QED) is 0.845. The molecule has 10 heteroatoms. The number of hydrogen-bond donors (Lipinski definition) is 2. The summed E-state index contributed by atoms with van der Waals surface area (Å²) in [5.41, 5.74) is 0.843. The lowest BCUT2D eigenvalue weighted by atomic mass is 10.4. The van der Waals surface area contributed by atoms with Crippen LogP contribution in [-0.4, -0.2) is 40.1 Å². The van der Waals surface area contributed by atoms with Gasteiger partial charge in [0.2, 0.25) is 10.0 Å². The fraction of sp³-hybridized carbons (Fsp3) is 0.300. The first kappa shape index (κ1) is 14.7. The SMILES string of the molecule is Cc1nn2cc(S(=O)(=O)N[C@@H](C)C(=O)O)cnc2c1Cl. The highest BCUT2D eigenvalue weighted by Crippen LogP contribution is 2.20. The summed E-state index contributed by atoms with van der Waals surface area (Å²) in [7, 11) is -4.00. The Kier molecular flexibility index (Phi) is 3.67. The highest BCUT2D eigenvalue weighted by atomic mass is 35.5. The summed E-state index contributed by atoms with van der Waals surface area (Å²) in [5, 5.41) is 13.1. The van der Waals surface area contributed by atoms with E-state index in [4.69, 9.17) is 16.7 Å². The number of nitrogens with one attached hydrogen (secondary N) is 1. The fourth-order valence-corrected chi connectivity index (χ4v) is 2.80. The fourth-order valence-electron chi connectivity index (χ4n) is 1.49. The predicted octanol–water partition coefficient (Wildman–Crippen LogP) is 0.443. The molecule has 2 aromatic rings. The molecule has 1 atom stereocenters. The first-order chi connectivity index (χ1) is 9.22. The van der Waals surface area contributed by atoms with Gasteiger partial charge in [-0.25, -0.2) is 17.9 Å². The van der Waals surface area contributed by atoms with Crippen LogP contribution in [-0.2, 0) is 14.8 Å². The molecular weight excluding hydrogens is 308 g/mol. The zero-order valence-corrected chi connectivity index (χ0v) is 12.1. The van der Waals surface area contributed by atoms with Crippen LogP contribution in [0.1, 0.15) is 12.6 Å². The van der Waals surface area contributed by atoms with Gasteiger partial charge >= 0.3 is 5.97 Å². The third kappa shape index (κ3) is 2.60. The molecule has 20 heavy (non-hydrogen) atoms. The second kappa shape index (κ2) is 5.00. The molecule has 2 heterocycles. The van der Waals surface area contributed by atoms with E-state index in [0.29, 0.717) is 16.4 Å². The molecule has 2 aromatic heterocycles. The van der Waals surface area contributed by atoms with Crippen molar-refractivity contribution in [2.24, 2.45) is 0 Å². The average molecular weight is 319 g/mol. The lowest BCUT2D eigenvalue weighted by Crippen LogP contribution is -2.38. The zero-order valence-electron chi connectivity index (χ0n) is 10.5. The molecule has 0 saturated carbocycles. The van der Waals surface area contributed by atoms with Gasteiger partial charge in [-0.15, -0.1) is 0 Å². The van der Waals surface area contributed by atoms with E-state index in [1.54, 1.807) is 6.92 Å². The summed E-state index contributed by atoms with van der Waals surface area (Å²) < 4.78 is 27.2. The highest BCUT2D eigenvalue weighted by Gasteiger charge is 2.23. The van der Waals surface area contributed by atoms with Crippen LogP contribution in [0, 0.1) is 6.92 Å². The summed E-state index contributed by atoms with van der Waals surface area (Å²) >= 11 is 5.95. The van der Waals surface area contributed by atoms with Crippen molar-refractivity contribution in [1.82, 2.24) is 19.3 Å². The van der Waals surface area contributed by atoms with Gasteiger partial charge in [-0.2, -0.15) is 9.82 Å². The Bertz CT molecular complexity index is 786. The number of aromatic nitrogens is 3. The van der Waals surface area contributed by atoms with Crippen molar-refractivity contribution in [3.05, 3.63) is 23.1 Å². The van der Waals surface area contributed by atoms with Crippen molar-refractivity contribution in [2.75, 3.05) is 0 Å². The molecule has 108 valence electrons. The monoisotopic (exact) mass is 318 g/mol. The lowest BCUT2D eigenvalue weighted by Gasteiger charge is -2.09. The van der Waals surface area contributed by atoms with Gasteiger partial charge in [-0.1, -0.05) is 11.6 Å². The third-order valence-corrected chi connectivity index (χ3v) is 4.50. The van der Waals surface area contributed by atoms with Crippen molar-refractivity contribution in [3.8, 4) is 0 Å². The number of hydrogen-bond acceptors (Lipinski definition) is 5. The number of carboxylic acids is 1. The van der Waals surface area contributed by atoms with Crippen molar-refractivity contribution in [3.63, 3.8) is 0 Å². The number of carbonyl (C=O) groups is 1. The number of halogens is 1. The van der Waals surface area contributed by atoms with Gasteiger partial charge in [0.25, 0.3) is 0 Å². The van der Waals surface area contributed by atoms with Crippen LogP contribution in [0.25, 0.3) is 5.65 Å². The zero-order chi connectivity index (χ0) is 15.1. The first-order valence-electron chi connectivity index (χ1n) is 5.48. The maximum atomic E-state index is 12.0. The van der Waals surface area contributed by atoms with E-state index in [1.165, 1.54) is 17.6 Å². The van der Waals surface area contributed by atoms with Crippen molar-refractivity contribution >= 4 is 33.2 Å². The average Bonchev–Trinajstić information content (AvgIpc) is 2.64. The van der Waals surface area contributed by atoms with E-state index >= 15 is 0 Å². The number of carboxylic acid groups (broad SMARTS) is 1. The Morgan fingerprint density at radius 2 is 2.20 bits per heavy atom. The molecule has 0 saturated heterocycles. The molecule has 8 nitrogen and oxygen atoms in total. The molecular formula is C10H11ClN4O4S. The Morgan fingerprint density at radius 1 is 1.55 bits per heavy atom. The molecule has 0 aliphatic carbocycles. The van der Waals surface area contributed by atoms with E-state index in [2.05, 4.69) is 10.1 Å². The number of aliphatic carboxylic acids is 1. The van der Waals surface area contributed by atoms with Crippen LogP contribution in [0.5, 0.6) is 0 Å². The minimum atomic E-state index is -4.00. The normalized spacial score (nSPS) is 13.6. The molecule has 0 aliphatic heterocycles. The van der Waals surface area contributed by atoms with Crippen molar-refractivity contribution in [2.45, 2.75) is 24.8 Å². The van der Waals surface area contributed by atoms with Crippen LogP contribution in [0.3, 0.4) is 0 Å². The molecule has 0 aliphatic rings. The summed E-state index contributed by atoms with van der Waals surface area (Å²) in [6, 6.07) is -1.25. The molecule has 2 rings (SSSR count). The molecule has 0 bridgehead atoms. The summed E-state index contributed by atoms with van der Waals surface area (Å²) in [4.78, 5) is 14.4. The topological polar surface area (TPSA) is 114 Å². The minimum Gasteiger partial charge on any atom is -0.480 e. The maximum Gasteiger partial charge on any atom is 0.321 e. The van der Waals surface area contributed by atoms with Gasteiger partial charge in [0.05, 0.1) is 18.1 Å². The molecule has 0 amide bonds. The van der Waals surface area contributed by atoms with Crippen LogP contribution in [0.2, 0.25) is 5.02 Å². The molecule has 0 fully saturated rings. The van der Waals surface area contributed by atoms with E-state index < -0.39 is 22.0 Å². The molecule has 0 radical (unpaired) electrons. The summed E-state index contributed by atoms with van der Waals surface area (Å²) in [5.74, 6) is -1.28. The minimum absolute atomic E-state index is 0.197. The number of sulfonamides is 1. The van der Waals surface area contributed by atoms with E-state index in [0.717, 1.165) is 6.20 Å². The standard InChI is InChI=1S/C10H11ClN4O4S/c1-5-8(11)9-12-3-7(4-15(9)13-5)20(18,19)14-6(2)10(16)17/h3-4,6,14H,1-2H3,(H,16,17)/t6-/m0/s1. The Labute approximate surface area is 119 Å². The largest absolute Gasteiger partial charge is 0.480 e. The number of nitrogens with zero attached hydrogens (tertiary/aromatic N) is 3. The van der Waals surface area contributed by atoms with Gasteiger partial charge in [-0.05, 0) is 13.8 Å². The smallest absolute Gasteiger partial charge is 0.321 e. The maximum absolute atomic E-state index is 12.0. The number of aryl methyl sites for hydroxylation is 1. The Hall–Kier alpha value is -1.71. The number of rotatable bonds is 4. The third-order valence-electron chi connectivity index (χ3n) is 2.56. The second-order valence-corrected chi connectivity index (χ2v) is 6.23. The van der Waals surface area contributed by atoms with Crippen LogP contribution >= 0.6 is 11.6 Å². The lowest BCUT2D eigenvalue weighted by molar-refractivity contribution is -0.138. The van der Waals surface area contributed by atoms with Crippen molar-refractivity contribution in [1.29, 1.82) is 0 Å². The first-order valence-corrected chi connectivity index (χ1v) is 7.34. The van der Waals surface area contributed by atoms with E-state index in [9.17, 15) is 13.2 Å². The van der Waals surface area contributed by atoms with Gasteiger partial charge in [0, 0.05) is 0 Å². The van der Waals surface area contributed by atoms with Gasteiger partial charge in [-0.3, -0.25) is 4.79 Å². The van der Waals surface area contributed by atoms with Crippen LogP contribution in [0.15, 0.2) is 17.3 Å². The van der Waals surface area contributed by atoms with Crippen LogP contribution < -0.4 is 4.72 Å².